The molecule has 0 aliphatic carbocycles. The summed E-state index contributed by atoms with van der Waals surface area (Å²) in [7, 11) is 1.25. The van der Waals surface area contributed by atoms with Crippen LogP contribution in [0.4, 0.5) is 5.69 Å². The van der Waals surface area contributed by atoms with Gasteiger partial charge >= 0.3 is 5.97 Å². The minimum atomic E-state index is -0.616. The van der Waals surface area contributed by atoms with Crippen molar-refractivity contribution in [2.24, 2.45) is 11.1 Å². The fraction of sp³-hybridized carbons (Fsp3) is 0.471. The number of benzene rings is 1. The summed E-state index contributed by atoms with van der Waals surface area (Å²) in [5.74, 6) is -1.06. The van der Waals surface area contributed by atoms with Gasteiger partial charge in [-0.2, -0.15) is 0 Å². The Balaban J connectivity index is 1.96. The molecule has 0 spiro atoms. The molecule has 1 saturated heterocycles. The van der Waals surface area contributed by atoms with Gasteiger partial charge < -0.3 is 25.8 Å². The Labute approximate surface area is 146 Å². The minimum Gasteiger partial charge on any atom is -0.468 e. The van der Waals surface area contributed by atoms with Crippen molar-refractivity contribution in [3.63, 3.8) is 0 Å². The summed E-state index contributed by atoms with van der Waals surface area (Å²) < 4.78 is 9.76. The highest BCUT2D eigenvalue weighted by Crippen LogP contribution is 2.30. The average molecular weight is 349 g/mol. The van der Waals surface area contributed by atoms with E-state index >= 15 is 0 Å². The SMILES string of the molecule is COC(=O)CNC(=O)c1ccc(NC(=O)C2(CN)CCOCC2)cc1. The number of rotatable bonds is 6. The molecule has 1 aliphatic heterocycles. The summed E-state index contributed by atoms with van der Waals surface area (Å²) in [6, 6.07) is 6.41. The van der Waals surface area contributed by atoms with E-state index in [9.17, 15) is 14.4 Å². The van der Waals surface area contributed by atoms with Crippen LogP contribution in [0, 0.1) is 5.41 Å². The van der Waals surface area contributed by atoms with Gasteiger partial charge in [-0.3, -0.25) is 14.4 Å². The van der Waals surface area contributed by atoms with Crippen molar-refractivity contribution in [1.82, 2.24) is 5.32 Å². The van der Waals surface area contributed by atoms with E-state index in [4.69, 9.17) is 10.5 Å². The molecule has 1 aromatic rings. The van der Waals surface area contributed by atoms with Gasteiger partial charge in [-0.05, 0) is 37.1 Å². The molecule has 0 unspecified atom stereocenters. The molecule has 8 heteroatoms. The van der Waals surface area contributed by atoms with Crippen LogP contribution in [0.15, 0.2) is 24.3 Å². The largest absolute Gasteiger partial charge is 0.468 e. The second kappa shape index (κ2) is 8.59. The van der Waals surface area contributed by atoms with Crippen LogP contribution < -0.4 is 16.4 Å². The summed E-state index contributed by atoms with van der Waals surface area (Å²) in [5, 5.41) is 5.29. The van der Waals surface area contributed by atoms with Crippen LogP contribution in [0.5, 0.6) is 0 Å². The van der Waals surface area contributed by atoms with Crippen molar-refractivity contribution < 1.29 is 23.9 Å². The van der Waals surface area contributed by atoms with Crippen LogP contribution in [-0.4, -0.2) is 51.2 Å². The number of esters is 1. The second-order valence-corrected chi connectivity index (χ2v) is 5.89. The van der Waals surface area contributed by atoms with Crippen LogP contribution >= 0.6 is 0 Å². The number of hydrogen-bond donors (Lipinski definition) is 3. The van der Waals surface area contributed by atoms with E-state index in [0.717, 1.165) is 0 Å². The molecular weight excluding hydrogens is 326 g/mol. The number of ether oxygens (including phenoxy) is 2. The van der Waals surface area contributed by atoms with E-state index in [0.29, 0.717) is 37.3 Å². The van der Waals surface area contributed by atoms with Gasteiger partial charge in [0, 0.05) is 31.0 Å². The first-order chi connectivity index (χ1) is 12.0. The highest BCUT2D eigenvalue weighted by atomic mass is 16.5. The van der Waals surface area contributed by atoms with Crippen LogP contribution in [0.1, 0.15) is 23.2 Å². The third-order valence-corrected chi connectivity index (χ3v) is 4.35. The predicted molar refractivity (Wildman–Crippen MR) is 91.0 cm³/mol. The Kier molecular flexibility index (Phi) is 6.49. The lowest BCUT2D eigenvalue weighted by molar-refractivity contribution is -0.139. The number of carbonyl (C=O) groups is 3. The fourth-order valence-corrected chi connectivity index (χ4v) is 2.58. The van der Waals surface area contributed by atoms with E-state index in [1.54, 1.807) is 24.3 Å². The van der Waals surface area contributed by atoms with Crippen molar-refractivity contribution in [3.05, 3.63) is 29.8 Å². The molecule has 2 rings (SSSR count). The Morgan fingerprint density at radius 3 is 2.40 bits per heavy atom. The van der Waals surface area contributed by atoms with Crippen LogP contribution in [-0.2, 0) is 19.1 Å². The molecule has 0 saturated carbocycles. The number of methoxy groups -OCH3 is 1. The standard InChI is InChI=1S/C17H23N3O5/c1-24-14(21)10-19-15(22)12-2-4-13(5-3-12)20-16(23)17(11-18)6-8-25-9-7-17/h2-5H,6-11,18H2,1H3,(H,19,22)(H,20,23). The molecule has 136 valence electrons. The Morgan fingerprint density at radius 2 is 1.84 bits per heavy atom. The zero-order chi connectivity index (χ0) is 18.3. The number of hydrogen-bond acceptors (Lipinski definition) is 6. The molecule has 0 radical (unpaired) electrons. The molecule has 4 N–H and O–H groups in total. The highest BCUT2D eigenvalue weighted by molar-refractivity contribution is 5.98. The lowest BCUT2D eigenvalue weighted by Crippen LogP contribution is -2.46. The maximum absolute atomic E-state index is 12.6. The van der Waals surface area contributed by atoms with Crippen molar-refractivity contribution in [2.75, 3.05) is 38.7 Å². The third-order valence-electron chi connectivity index (χ3n) is 4.35. The van der Waals surface area contributed by atoms with E-state index in [2.05, 4.69) is 15.4 Å². The van der Waals surface area contributed by atoms with Gasteiger partial charge in [-0.1, -0.05) is 0 Å². The molecule has 0 aromatic heterocycles. The van der Waals surface area contributed by atoms with Gasteiger partial charge in [0.15, 0.2) is 0 Å². The lowest BCUT2D eigenvalue weighted by atomic mass is 9.79. The Hall–Kier alpha value is -2.45. The number of nitrogens with two attached hydrogens (primary N) is 1. The van der Waals surface area contributed by atoms with Crippen molar-refractivity contribution in [1.29, 1.82) is 0 Å². The molecule has 1 aromatic carbocycles. The molecule has 0 bridgehead atoms. The number of nitrogens with one attached hydrogen (secondary N) is 2. The summed E-state index contributed by atoms with van der Waals surface area (Å²) in [6.45, 7) is 1.10. The van der Waals surface area contributed by atoms with Gasteiger partial charge in [0.1, 0.15) is 6.54 Å². The van der Waals surface area contributed by atoms with Crippen LogP contribution in [0.3, 0.4) is 0 Å². The maximum atomic E-state index is 12.6. The third kappa shape index (κ3) is 4.77. The van der Waals surface area contributed by atoms with E-state index < -0.39 is 17.3 Å². The zero-order valence-electron chi connectivity index (χ0n) is 14.2. The second-order valence-electron chi connectivity index (χ2n) is 5.89. The fourth-order valence-electron chi connectivity index (χ4n) is 2.58. The van der Waals surface area contributed by atoms with Gasteiger partial charge in [-0.15, -0.1) is 0 Å². The molecule has 25 heavy (non-hydrogen) atoms. The van der Waals surface area contributed by atoms with Crippen molar-refractivity contribution in [3.8, 4) is 0 Å². The number of carbonyl (C=O) groups excluding carboxylic acids is 3. The first-order valence-corrected chi connectivity index (χ1v) is 8.05. The Bertz CT molecular complexity index is 624. The molecule has 1 fully saturated rings. The maximum Gasteiger partial charge on any atom is 0.325 e. The monoisotopic (exact) mass is 349 g/mol. The van der Waals surface area contributed by atoms with Crippen LogP contribution in [0.2, 0.25) is 0 Å². The van der Waals surface area contributed by atoms with E-state index in [1.807, 2.05) is 0 Å². The molecular formula is C17H23N3O5. The summed E-state index contributed by atoms with van der Waals surface area (Å²) in [4.78, 5) is 35.5. The number of amides is 2. The molecule has 8 nitrogen and oxygen atoms in total. The molecule has 1 aliphatic rings. The first kappa shape index (κ1) is 18.9. The topological polar surface area (TPSA) is 120 Å². The zero-order valence-corrected chi connectivity index (χ0v) is 14.2. The van der Waals surface area contributed by atoms with Crippen molar-refractivity contribution >= 4 is 23.5 Å². The summed E-state index contributed by atoms with van der Waals surface area (Å²) in [5.41, 5.74) is 6.16. The van der Waals surface area contributed by atoms with Gasteiger partial charge in [0.05, 0.1) is 12.5 Å². The predicted octanol–water partition coefficient (Wildman–Crippen LogP) is 0.283. The molecule has 2 amide bonds. The summed E-state index contributed by atoms with van der Waals surface area (Å²) >= 11 is 0. The highest BCUT2D eigenvalue weighted by Gasteiger charge is 2.38. The average Bonchev–Trinajstić information content (AvgIpc) is 2.66. The quantitative estimate of drug-likeness (QED) is 0.635. The first-order valence-electron chi connectivity index (χ1n) is 8.05. The van der Waals surface area contributed by atoms with Gasteiger partial charge in [0.25, 0.3) is 5.91 Å². The lowest BCUT2D eigenvalue weighted by Gasteiger charge is -2.34. The summed E-state index contributed by atoms with van der Waals surface area (Å²) in [6.07, 6.45) is 1.17. The minimum absolute atomic E-state index is 0.138. The molecule has 1 heterocycles. The smallest absolute Gasteiger partial charge is 0.325 e. The van der Waals surface area contributed by atoms with E-state index in [-0.39, 0.29) is 19.0 Å². The van der Waals surface area contributed by atoms with Gasteiger partial charge in [-0.25, -0.2) is 0 Å². The van der Waals surface area contributed by atoms with E-state index in [1.165, 1.54) is 7.11 Å². The normalized spacial score (nSPS) is 15.9. The number of anilines is 1. The van der Waals surface area contributed by atoms with Crippen molar-refractivity contribution in [2.45, 2.75) is 12.8 Å². The van der Waals surface area contributed by atoms with Crippen LogP contribution in [0.25, 0.3) is 0 Å². The molecule has 0 atom stereocenters. The van der Waals surface area contributed by atoms with Gasteiger partial charge in [0.2, 0.25) is 5.91 Å². The Morgan fingerprint density at radius 1 is 1.20 bits per heavy atom.